The van der Waals surface area contributed by atoms with Crippen molar-refractivity contribution >= 4 is 11.9 Å². The van der Waals surface area contributed by atoms with Crippen LogP contribution in [0.3, 0.4) is 0 Å². The summed E-state index contributed by atoms with van der Waals surface area (Å²) in [5, 5.41) is 3.49. The molecule has 31 heavy (non-hydrogen) atoms. The fraction of sp³-hybridized carbons (Fsp3) is 0.913. The zero-order valence-corrected chi connectivity index (χ0v) is 20.5. The van der Waals surface area contributed by atoms with Gasteiger partial charge in [0.1, 0.15) is 0 Å². The van der Waals surface area contributed by atoms with Gasteiger partial charge in [-0.1, -0.05) is 13.8 Å². The Kier molecular flexibility index (Phi) is 8.98. The summed E-state index contributed by atoms with van der Waals surface area (Å²) in [6.07, 6.45) is 1.24. The number of likely N-dealkylation sites (tertiary alicyclic amines) is 1. The minimum Gasteiger partial charge on any atom is -0.357 e. The molecule has 0 aromatic carbocycles. The molecule has 1 N–H and O–H groups in total. The fourth-order valence-electron chi connectivity index (χ4n) is 5.19. The molecule has 178 valence electrons. The van der Waals surface area contributed by atoms with Crippen LogP contribution in [0.5, 0.6) is 0 Å². The number of likely N-dealkylation sites (N-methyl/N-ethyl adjacent to an activating group) is 2. The highest BCUT2D eigenvalue weighted by molar-refractivity contribution is 5.80. The molecule has 3 atom stereocenters. The number of piperazine rings is 2. The van der Waals surface area contributed by atoms with Crippen LogP contribution in [0.25, 0.3) is 0 Å². The second kappa shape index (κ2) is 11.5. The molecule has 0 aliphatic carbocycles. The molecule has 3 aliphatic heterocycles. The lowest BCUT2D eigenvalue weighted by molar-refractivity contribution is -0.135. The van der Waals surface area contributed by atoms with Crippen LogP contribution in [0.4, 0.5) is 0 Å². The van der Waals surface area contributed by atoms with Gasteiger partial charge in [-0.05, 0) is 39.3 Å². The minimum atomic E-state index is 0.303. The first-order valence-electron chi connectivity index (χ1n) is 12.3. The van der Waals surface area contributed by atoms with E-state index in [9.17, 15) is 4.79 Å². The predicted octanol–water partition coefficient (Wildman–Crippen LogP) is 0.320. The minimum absolute atomic E-state index is 0.303. The van der Waals surface area contributed by atoms with Crippen LogP contribution in [0.1, 0.15) is 27.2 Å². The summed E-state index contributed by atoms with van der Waals surface area (Å²) in [4.78, 5) is 29.4. The number of nitrogens with one attached hydrogen (secondary N) is 1. The average Bonchev–Trinajstić information content (AvgIpc) is 2.73. The lowest BCUT2D eigenvalue weighted by Gasteiger charge is -2.39. The standard InChI is InChI=1S/C23H45N7O/c1-6-24-23(25-14-21-17-26(4)7-8-27(21)5)29-11-9-28(10-12-29)18-22(31)30-15-19(2)13-20(3)16-30/h19-21H,6-18H2,1-5H3,(H,24,25). The van der Waals surface area contributed by atoms with E-state index in [0.29, 0.717) is 30.3 Å². The third kappa shape index (κ3) is 7.05. The van der Waals surface area contributed by atoms with E-state index in [1.54, 1.807) is 0 Å². The molecule has 0 spiro atoms. The van der Waals surface area contributed by atoms with Crippen molar-refractivity contribution in [1.29, 1.82) is 0 Å². The Morgan fingerprint density at radius 1 is 0.935 bits per heavy atom. The number of carbonyl (C=O) groups is 1. The molecule has 3 unspecified atom stereocenters. The number of amides is 1. The van der Waals surface area contributed by atoms with E-state index in [0.717, 1.165) is 78.0 Å². The smallest absolute Gasteiger partial charge is 0.236 e. The zero-order chi connectivity index (χ0) is 22.4. The molecule has 8 heteroatoms. The molecule has 0 aromatic heterocycles. The Hall–Kier alpha value is -1.38. The van der Waals surface area contributed by atoms with Gasteiger partial charge in [-0.2, -0.15) is 0 Å². The number of hydrogen-bond acceptors (Lipinski definition) is 5. The van der Waals surface area contributed by atoms with Crippen LogP contribution < -0.4 is 5.32 Å². The highest BCUT2D eigenvalue weighted by Crippen LogP contribution is 2.21. The van der Waals surface area contributed by atoms with E-state index in [1.807, 2.05) is 0 Å². The number of piperidine rings is 1. The molecule has 3 fully saturated rings. The molecule has 3 heterocycles. The number of guanidine groups is 1. The fourth-order valence-corrected chi connectivity index (χ4v) is 5.19. The summed E-state index contributed by atoms with van der Waals surface area (Å²) in [5.74, 6) is 2.56. The van der Waals surface area contributed by atoms with Gasteiger partial charge in [-0.25, -0.2) is 0 Å². The SMILES string of the molecule is CCNC(=NCC1CN(C)CCN1C)N1CCN(CC(=O)N2CC(C)CC(C)C2)CC1. The molecular weight excluding hydrogens is 390 g/mol. The Morgan fingerprint density at radius 2 is 1.61 bits per heavy atom. The lowest BCUT2D eigenvalue weighted by Crippen LogP contribution is -2.55. The van der Waals surface area contributed by atoms with Crippen molar-refractivity contribution in [2.24, 2.45) is 16.8 Å². The van der Waals surface area contributed by atoms with E-state index < -0.39 is 0 Å². The third-order valence-corrected chi connectivity index (χ3v) is 7.02. The van der Waals surface area contributed by atoms with E-state index in [4.69, 9.17) is 4.99 Å². The summed E-state index contributed by atoms with van der Waals surface area (Å²) < 4.78 is 0. The van der Waals surface area contributed by atoms with Crippen LogP contribution in [-0.2, 0) is 4.79 Å². The molecule has 0 bridgehead atoms. The highest BCUT2D eigenvalue weighted by Gasteiger charge is 2.28. The number of aliphatic imine (C=N–C) groups is 1. The molecule has 1 amide bonds. The first-order chi connectivity index (χ1) is 14.9. The van der Waals surface area contributed by atoms with Crippen LogP contribution >= 0.6 is 0 Å². The van der Waals surface area contributed by atoms with Crippen LogP contribution in [0.15, 0.2) is 4.99 Å². The second-order valence-electron chi connectivity index (χ2n) is 10.1. The van der Waals surface area contributed by atoms with Crippen molar-refractivity contribution in [2.45, 2.75) is 33.2 Å². The molecule has 0 saturated carbocycles. The summed E-state index contributed by atoms with van der Waals surface area (Å²) in [6, 6.07) is 0.473. The molecular formula is C23H45N7O. The van der Waals surface area contributed by atoms with Crippen LogP contribution in [0, 0.1) is 11.8 Å². The van der Waals surface area contributed by atoms with Gasteiger partial charge in [0.15, 0.2) is 5.96 Å². The molecule has 0 radical (unpaired) electrons. The van der Waals surface area contributed by atoms with Crippen molar-refractivity contribution in [2.75, 3.05) is 92.6 Å². The largest absolute Gasteiger partial charge is 0.357 e. The zero-order valence-electron chi connectivity index (χ0n) is 20.5. The van der Waals surface area contributed by atoms with Crippen molar-refractivity contribution < 1.29 is 4.79 Å². The lowest BCUT2D eigenvalue weighted by atomic mass is 9.92. The molecule has 3 rings (SSSR count). The normalized spacial score (nSPS) is 30.0. The Balaban J connectivity index is 1.48. The van der Waals surface area contributed by atoms with Crippen molar-refractivity contribution in [3.63, 3.8) is 0 Å². The van der Waals surface area contributed by atoms with Crippen molar-refractivity contribution in [1.82, 2.24) is 29.8 Å². The topological polar surface area (TPSA) is 57.7 Å². The maximum Gasteiger partial charge on any atom is 0.236 e. The second-order valence-corrected chi connectivity index (χ2v) is 10.1. The molecule has 8 nitrogen and oxygen atoms in total. The summed E-state index contributed by atoms with van der Waals surface area (Å²) >= 11 is 0. The van der Waals surface area contributed by atoms with Gasteiger partial charge < -0.3 is 20.0 Å². The highest BCUT2D eigenvalue weighted by atomic mass is 16.2. The van der Waals surface area contributed by atoms with E-state index >= 15 is 0 Å². The van der Waals surface area contributed by atoms with Gasteiger partial charge in [0, 0.05) is 71.5 Å². The van der Waals surface area contributed by atoms with Gasteiger partial charge in [-0.3, -0.25) is 19.6 Å². The molecule has 3 aliphatic rings. The maximum absolute atomic E-state index is 12.8. The number of nitrogens with zero attached hydrogens (tertiary/aromatic N) is 6. The molecule has 0 aromatic rings. The monoisotopic (exact) mass is 435 g/mol. The van der Waals surface area contributed by atoms with Crippen molar-refractivity contribution in [3.8, 4) is 0 Å². The predicted molar refractivity (Wildman–Crippen MR) is 127 cm³/mol. The molecule has 3 saturated heterocycles. The van der Waals surface area contributed by atoms with E-state index in [1.165, 1.54) is 6.42 Å². The van der Waals surface area contributed by atoms with E-state index in [2.05, 4.69) is 64.7 Å². The Bertz CT molecular complexity index is 595. The van der Waals surface area contributed by atoms with Gasteiger partial charge in [-0.15, -0.1) is 0 Å². The average molecular weight is 436 g/mol. The van der Waals surface area contributed by atoms with Crippen molar-refractivity contribution in [3.05, 3.63) is 0 Å². The van der Waals surface area contributed by atoms with Gasteiger partial charge in [0.05, 0.1) is 13.1 Å². The Labute approximate surface area is 189 Å². The first kappa shape index (κ1) is 24.3. The number of hydrogen-bond donors (Lipinski definition) is 1. The Morgan fingerprint density at radius 3 is 2.26 bits per heavy atom. The number of rotatable bonds is 5. The summed E-state index contributed by atoms with van der Waals surface area (Å²) in [5.41, 5.74) is 0. The van der Waals surface area contributed by atoms with Crippen LogP contribution in [-0.4, -0.2) is 135 Å². The summed E-state index contributed by atoms with van der Waals surface area (Å²) in [6.45, 7) is 17.8. The van der Waals surface area contributed by atoms with Gasteiger partial charge in [0.2, 0.25) is 5.91 Å². The first-order valence-corrected chi connectivity index (χ1v) is 12.3. The van der Waals surface area contributed by atoms with Crippen LogP contribution in [0.2, 0.25) is 0 Å². The number of carbonyl (C=O) groups excluding carboxylic acids is 1. The quantitative estimate of drug-likeness (QED) is 0.496. The third-order valence-electron chi connectivity index (χ3n) is 7.02. The maximum atomic E-state index is 12.8. The van der Waals surface area contributed by atoms with Gasteiger partial charge in [0.25, 0.3) is 0 Å². The van der Waals surface area contributed by atoms with E-state index in [-0.39, 0.29) is 0 Å². The van der Waals surface area contributed by atoms with Gasteiger partial charge >= 0.3 is 0 Å². The summed E-state index contributed by atoms with van der Waals surface area (Å²) in [7, 11) is 4.40.